The number of aryl methyl sites for hydroxylation is 2. The summed E-state index contributed by atoms with van der Waals surface area (Å²) >= 11 is 0. The molecule has 1 N–H and O–H groups in total. The van der Waals surface area contributed by atoms with E-state index in [1.807, 2.05) is 0 Å². The third kappa shape index (κ3) is 3.87. The lowest BCUT2D eigenvalue weighted by molar-refractivity contribution is 0.102. The fourth-order valence-electron chi connectivity index (χ4n) is 3.72. The van der Waals surface area contributed by atoms with Crippen molar-refractivity contribution in [1.29, 1.82) is 0 Å². The van der Waals surface area contributed by atoms with Crippen LogP contribution in [0.25, 0.3) is 10.9 Å². The summed E-state index contributed by atoms with van der Waals surface area (Å²) in [6.45, 7) is 2.47. The highest BCUT2D eigenvalue weighted by molar-refractivity contribution is 7.90. The number of amides is 1. The number of hydrogen-bond acceptors (Lipinski definition) is 5. The van der Waals surface area contributed by atoms with Crippen molar-refractivity contribution in [1.82, 2.24) is 9.55 Å². The van der Waals surface area contributed by atoms with Crippen molar-refractivity contribution < 1.29 is 13.2 Å². The number of carbonyl (C=O) groups is 1. The molecule has 0 aliphatic carbocycles. The van der Waals surface area contributed by atoms with Crippen molar-refractivity contribution in [2.75, 3.05) is 11.6 Å². The average Bonchev–Trinajstić information content (AvgIpc) is 2.94. The Morgan fingerprint density at radius 3 is 2.67 bits per heavy atom. The van der Waals surface area contributed by atoms with Gasteiger partial charge < -0.3 is 5.32 Å². The van der Waals surface area contributed by atoms with Crippen molar-refractivity contribution in [3.63, 3.8) is 0 Å². The van der Waals surface area contributed by atoms with Gasteiger partial charge in [-0.05, 0) is 55.7 Å². The standard InChI is InChI=1S/C22H23N3O4S/c1-14-7-9-16(30(2,28)29)13-18(14)24-21(26)15-8-10-17-19(12-15)23-20-6-4-3-5-11-25(20)22(17)27/h7-10,12-13H,3-6,11H2,1-2H3,(H,24,26). The Labute approximate surface area is 174 Å². The van der Waals surface area contributed by atoms with Gasteiger partial charge in [-0.1, -0.05) is 12.5 Å². The van der Waals surface area contributed by atoms with Gasteiger partial charge in [-0.25, -0.2) is 13.4 Å². The van der Waals surface area contributed by atoms with Gasteiger partial charge in [0.15, 0.2) is 9.84 Å². The van der Waals surface area contributed by atoms with E-state index in [-0.39, 0.29) is 16.4 Å². The fourth-order valence-corrected chi connectivity index (χ4v) is 4.37. The number of rotatable bonds is 3. The SMILES string of the molecule is Cc1ccc(S(C)(=O)=O)cc1NC(=O)c1ccc2c(=O)n3c(nc2c1)CCCCC3. The molecule has 2 heterocycles. The van der Waals surface area contributed by atoms with Gasteiger partial charge in [0.25, 0.3) is 11.5 Å². The maximum Gasteiger partial charge on any atom is 0.261 e. The second-order valence-corrected chi connectivity index (χ2v) is 9.75. The van der Waals surface area contributed by atoms with Crippen LogP contribution >= 0.6 is 0 Å². The molecule has 0 radical (unpaired) electrons. The predicted octanol–water partition coefficient (Wildman–Crippen LogP) is 3.09. The first-order valence-electron chi connectivity index (χ1n) is 9.89. The van der Waals surface area contributed by atoms with E-state index >= 15 is 0 Å². The van der Waals surface area contributed by atoms with Gasteiger partial charge in [-0.15, -0.1) is 0 Å². The third-order valence-corrected chi connectivity index (χ3v) is 6.57. The van der Waals surface area contributed by atoms with Crippen LogP contribution in [0.15, 0.2) is 46.1 Å². The van der Waals surface area contributed by atoms with Crippen LogP contribution in [0.1, 0.15) is 41.0 Å². The molecule has 1 aromatic heterocycles. The minimum atomic E-state index is -3.39. The Morgan fingerprint density at radius 1 is 1.10 bits per heavy atom. The molecule has 1 amide bonds. The zero-order valence-electron chi connectivity index (χ0n) is 16.9. The van der Waals surface area contributed by atoms with E-state index < -0.39 is 9.84 Å². The Bertz CT molecular complexity index is 1330. The Balaban J connectivity index is 1.70. The van der Waals surface area contributed by atoms with E-state index in [2.05, 4.69) is 10.3 Å². The molecule has 0 unspecified atom stereocenters. The monoisotopic (exact) mass is 425 g/mol. The summed E-state index contributed by atoms with van der Waals surface area (Å²) in [6, 6.07) is 9.48. The van der Waals surface area contributed by atoms with Crippen molar-refractivity contribution in [2.24, 2.45) is 0 Å². The summed E-state index contributed by atoms with van der Waals surface area (Å²) in [7, 11) is -3.39. The number of nitrogens with one attached hydrogen (secondary N) is 1. The first kappa shape index (κ1) is 20.3. The average molecular weight is 426 g/mol. The maximum atomic E-state index is 12.8. The van der Waals surface area contributed by atoms with Crippen LogP contribution in [-0.4, -0.2) is 30.1 Å². The van der Waals surface area contributed by atoms with Gasteiger partial charge in [0.1, 0.15) is 5.82 Å². The van der Waals surface area contributed by atoms with E-state index in [0.717, 1.165) is 43.3 Å². The van der Waals surface area contributed by atoms with Gasteiger partial charge in [-0.2, -0.15) is 0 Å². The zero-order valence-corrected chi connectivity index (χ0v) is 17.8. The molecular formula is C22H23N3O4S. The molecule has 2 aromatic carbocycles. The largest absolute Gasteiger partial charge is 0.322 e. The number of sulfone groups is 1. The van der Waals surface area contributed by atoms with Crippen LogP contribution in [0.3, 0.4) is 0 Å². The molecule has 4 rings (SSSR count). The molecule has 0 saturated carbocycles. The summed E-state index contributed by atoms with van der Waals surface area (Å²) in [5.41, 5.74) is 1.97. The van der Waals surface area contributed by atoms with E-state index in [1.165, 1.54) is 12.1 Å². The molecular weight excluding hydrogens is 402 g/mol. The molecule has 0 spiro atoms. The zero-order chi connectivity index (χ0) is 21.5. The number of anilines is 1. The molecule has 8 heteroatoms. The Morgan fingerprint density at radius 2 is 1.90 bits per heavy atom. The number of nitrogens with zero attached hydrogens (tertiary/aromatic N) is 2. The fraction of sp³-hybridized carbons (Fsp3) is 0.318. The van der Waals surface area contributed by atoms with Crippen molar-refractivity contribution in [3.8, 4) is 0 Å². The highest BCUT2D eigenvalue weighted by atomic mass is 32.2. The van der Waals surface area contributed by atoms with E-state index in [1.54, 1.807) is 35.8 Å². The topological polar surface area (TPSA) is 98.1 Å². The molecule has 1 aliphatic rings. The molecule has 0 fully saturated rings. The lowest BCUT2D eigenvalue weighted by Gasteiger charge is -2.12. The summed E-state index contributed by atoms with van der Waals surface area (Å²) in [5.74, 6) is 0.377. The summed E-state index contributed by atoms with van der Waals surface area (Å²) in [4.78, 5) is 30.5. The normalized spacial score (nSPS) is 14.2. The maximum absolute atomic E-state index is 12.8. The quantitative estimate of drug-likeness (QED) is 0.695. The molecule has 0 bridgehead atoms. The lowest BCUT2D eigenvalue weighted by atomic mass is 10.1. The van der Waals surface area contributed by atoms with Crippen molar-refractivity contribution >= 4 is 32.3 Å². The number of aromatic nitrogens is 2. The van der Waals surface area contributed by atoms with Crippen molar-refractivity contribution in [2.45, 2.75) is 44.0 Å². The van der Waals surface area contributed by atoms with Crippen LogP contribution in [0.5, 0.6) is 0 Å². The summed E-state index contributed by atoms with van der Waals surface area (Å²) in [5, 5.41) is 3.27. The lowest BCUT2D eigenvalue weighted by Crippen LogP contribution is -2.24. The summed E-state index contributed by atoms with van der Waals surface area (Å²) in [6.07, 6.45) is 4.90. The highest BCUT2D eigenvalue weighted by Gasteiger charge is 2.16. The van der Waals surface area contributed by atoms with E-state index in [9.17, 15) is 18.0 Å². The molecule has 7 nitrogen and oxygen atoms in total. The first-order valence-corrected chi connectivity index (χ1v) is 11.8. The molecule has 0 saturated heterocycles. The number of hydrogen-bond donors (Lipinski definition) is 1. The van der Waals surface area contributed by atoms with E-state index in [4.69, 9.17) is 0 Å². The Kier molecular flexibility index (Phi) is 5.19. The first-order chi connectivity index (χ1) is 14.2. The van der Waals surface area contributed by atoms with Crippen LogP contribution < -0.4 is 10.9 Å². The van der Waals surface area contributed by atoms with Crippen molar-refractivity contribution in [3.05, 3.63) is 63.7 Å². The number of benzene rings is 2. The van der Waals surface area contributed by atoms with Crippen LogP contribution in [0.4, 0.5) is 5.69 Å². The van der Waals surface area contributed by atoms with Gasteiger partial charge in [0.05, 0.1) is 15.8 Å². The molecule has 156 valence electrons. The van der Waals surface area contributed by atoms with Gasteiger partial charge >= 0.3 is 0 Å². The van der Waals surface area contributed by atoms with Crippen LogP contribution in [0, 0.1) is 6.92 Å². The smallest absolute Gasteiger partial charge is 0.261 e. The highest BCUT2D eigenvalue weighted by Crippen LogP contribution is 2.22. The Hall–Kier alpha value is -3.00. The minimum Gasteiger partial charge on any atom is -0.322 e. The minimum absolute atomic E-state index is 0.0689. The van der Waals surface area contributed by atoms with Gasteiger partial charge in [0, 0.05) is 30.5 Å². The van der Waals surface area contributed by atoms with Gasteiger partial charge in [0.2, 0.25) is 0 Å². The second-order valence-electron chi connectivity index (χ2n) is 7.73. The molecule has 0 atom stereocenters. The number of carbonyl (C=O) groups excluding carboxylic acids is 1. The van der Waals surface area contributed by atoms with Crippen LogP contribution in [0.2, 0.25) is 0 Å². The molecule has 30 heavy (non-hydrogen) atoms. The molecule has 1 aliphatic heterocycles. The number of fused-ring (bicyclic) bond motifs is 2. The van der Waals surface area contributed by atoms with Gasteiger partial charge in [-0.3, -0.25) is 14.2 Å². The summed E-state index contributed by atoms with van der Waals surface area (Å²) < 4.78 is 25.4. The second kappa shape index (κ2) is 7.68. The molecule has 3 aromatic rings. The van der Waals surface area contributed by atoms with E-state index in [0.29, 0.717) is 28.7 Å². The van der Waals surface area contributed by atoms with Crippen LogP contribution in [-0.2, 0) is 22.8 Å². The third-order valence-electron chi connectivity index (χ3n) is 5.46. The predicted molar refractivity (Wildman–Crippen MR) is 116 cm³/mol.